The predicted octanol–water partition coefficient (Wildman–Crippen LogP) is 1.33. The van der Waals surface area contributed by atoms with Crippen molar-refractivity contribution in [1.82, 2.24) is 14.9 Å². The normalized spacial score (nSPS) is 10.1. The third-order valence-electron chi connectivity index (χ3n) is 2.58. The molecule has 2 aromatic heterocycles. The molecule has 0 radical (unpaired) electrons. The van der Waals surface area contributed by atoms with Crippen LogP contribution in [0.5, 0.6) is 0 Å². The van der Waals surface area contributed by atoms with E-state index < -0.39 is 0 Å². The number of carbonyl (C=O) groups is 1. The molecule has 0 bridgehead atoms. The highest BCUT2D eigenvalue weighted by atomic mass is 16.2. The number of hydrogen-bond donors (Lipinski definition) is 1. The number of nitrogen functional groups attached to an aromatic ring is 1. The summed E-state index contributed by atoms with van der Waals surface area (Å²) in [5.74, 6) is 0.112. The van der Waals surface area contributed by atoms with Crippen LogP contribution in [-0.2, 0) is 6.54 Å². The van der Waals surface area contributed by atoms with Gasteiger partial charge in [0.2, 0.25) is 0 Å². The van der Waals surface area contributed by atoms with E-state index >= 15 is 0 Å². The van der Waals surface area contributed by atoms with Crippen molar-refractivity contribution in [3.8, 4) is 0 Å². The molecule has 2 N–H and O–H groups in total. The smallest absolute Gasteiger partial charge is 0.257 e. The lowest BCUT2D eigenvalue weighted by Gasteiger charge is -2.17. The van der Waals surface area contributed by atoms with Crippen molar-refractivity contribution in [3.63, 3.8) is 0 Å². The standard InChI is InChI=1S/C13H14N4O/c1-17(9-10-4-7-15-8-5-10)13(18)11-3-2-6-16-12(11)14/h2-8H,9H2,1H3,(H2,14,16). The molecule has 1 amide bonds. The summed E-state index contributed by atoms with van der Waals surface area (Å²) in [6.07, 6.45) is 4.97. The number of rotatable bonds is 3. The summed E-state index contributed by atoms with van der Waals surface area (Å²) >= 11 is 0. The van der Waals surface area contributed by atoms with Crippen molar-refractivity contribution in [2.45, 2.75) is 6.54 Å². The van der Waals surface area contributed by atoms with Crippen LogP contribution in [0.3, 0.4) is 0 Å². The molecule has 2 rings (SSSR count). The molecule has 5 nitrogen and oxygen atoms in total. The first kappa shape index (κ1) is 12.0. The van der Waals surface area contributed by atoms with Crippen LogP contribution in [0.4, 0.5) is 5.82 Å². The molecule has 0 saturated carbocycles. The van der Waals surface area contributed by atoms with Gasteiger partial charge < -0.3 is 10.6 Å². The van der Waals surface area contributed by atoms with Gasteiger partial charge in [-0.3, -0.25) is 9.78 Å². The molecule has 0 aromatic carbocycles. The van der Waals surface area contributed by atoms with Gasteiger partial charge in [-0.05, 0) is 29.8 Å². The number of hydrogen-bond acceptors (Lipinski definition) is 4. The fourth-order valence-corrected chi connectivity index (χ4v) is 1.64. The SMILES string of the molecule is CN(Cc1ccncc1)C(=O)c1cccnc1N. The molecule has 92 valence electrons. The highest BCUT2D eigenvalue weighted by Crippen LogP contribution is 2.11. The summed E-state index contributed by atoms with van der Waals surface area (Å²) in [6.45, 7) is 0.510. The molecule has 2 heterocycles. The molecule has 18 heavy (non-hydrogen) atoms. The summed E-state index contributed by atoms with van der Waals surface area (Å²) in [5.41, 5.74) is 7.13. The van der Waals surface area contributed by atoms with Crippen LogP contribution in [0.25, 0.3) is 0 Å². The van der Waals surface area contributed by atoms with Gasteiger partial charge in [0.05, 0.1) is 5.56 Å². The third kappa shape index (κ3) is 2.63. The monoisotopic (exact) mass is 242 g/mol. The van der Waals surface area contributed by atoms with Crippen molar-refractivity contribution in [2.75, 3.05) is 12.8 Å². The molecule has 2 aromatic rings. The van der Waals surface area contributed by atoms with Crippen LogP contribution in [0.1, 0.15) is 15.9 Å². The van der Waals surface area contributed by atoms with Gasteiger partial charge in [0, 0.05) is 32.2 Å². The fourth-order valence-electron chi connectivity index (χ4n) is 1.64. The molecule has 0 atom stereocenters. The Hall–Kier alpha value is -2.43. The van der Waals surface area contributed by atoms with Crippen LogP contribution in [-0.4, -0.2) is 27.8 Å². The Labute approximate surface area is 105 Å². The molecule has 0 fully saturated rings. The van der Waals surface area contributed by atoms with Gasteiger partial charge in [-0.1, -0.05) is 0 Å². The maximum atomic E-state index is 12.2. The Morgan fingerprint density at radius 1 is 1.28 bits per heavy atom. The number of nitrogens with zero attached hydrogens (tertiary/aromatic N) is 3. The van der Waals surface area contributed by atoms with E-state index in [2.05, 4.69) is 9.97 Å². The van der Waals surface area contributed by atoms with Crippen molar-refractivity contribution >= 4 is 11.7 Å². The van der Waals surface area contributed by atoms with Gasteiger partial charge in [-0.15, -0.1) is 0 Å². The highest BCUT2D eigenvalue weighted by Gasteiger charge is 2.14. The topological polar surface area (TPSA) is 72.1 Å². The molecule has 5 heteroatoms. The third-order valence-corrected chi connectivity index (χ3v) is 2.58. The molecular formula is C13H14N4O. The highest BCUT2D eigenvalue weighted by molar-refractivity contribution is 5.98. The molecular weight excluding hydrogens is 228 g/mol. The number of pyridine rings is 2. The van der Waals surface area contributed by atoms with E-state index in [1.54, 1.807) is 42.7 Å². The van der Waals surface area contributed by atoms with Gasteiger partial charge in [0.15, 0.2) is 0 Å². The largest absolute Gasteiger partial charge is 0.383 e. The fraction of sp³-hybridized carbons (Fsp3) is 0.154. The van der Waals surface area contributed by atoms with Crippen LogP contribution >= 0.6 is 0 Å². The molecule has 0 aliphatic rings. The number of aromatic nitrogens is 2. The van der Waals surface area contributed by atoms with E-state index in [0.717, 1.165) is 5.56 Å². The van der Waals surface area contributed by atoms with Crippen LogP contribution in [0.2, 0.25) is 0 Å². The minimum Gasteiger partial charge on any atom is -0.383 e. The second-order valence-electron chi connectivity index (χ2n) is 3.95. The van der Waals surface area contributed by atoms with Crippen molar-refractivity contribution in [2.24, 2.45) is 0 Å². The zero-order valence-corrected chi connectivity index (χ0v) is 10.1. The van der Waals surface area contributed by atoms with Crippen molar-refractivity contribution in [3.05, 3.63) is 54.0 Å². The zero-order valence-electron chi connectivity index (χ0n) is 10.1. The number of carbonyl (C=O) groups excluding carboxylic acids is 1. The Bertz CT molecular complexity index is 542. The van der Waals surface area contributed by atoms with E-state index in [-0.39, 0.29) is 11.7 Å². The van der Waals surface area contributed by atoms with Gasteiger partial charge in [-0.25, -0.2) is 4.98 Å². The molecule has 0 unspecified atom stereocenters. The minimum absolute atomic E-state index is 0.141. The number of amides is 1. The Kier molecular flexibility index (Phi) is 3.52. The van der Waals surface area contributed by atoms with Gasteiger partial charge in [0.1, 0.15) is 5.82 Å². The van der Waals surface area contributed by atoms with E-state index in [1.165, 1.54) is 0 Å². The molecule has 0 aliphatic carbocycles. The first-order valence-electron chi connectivity index (χ1n) is 5.53. The van der Waals surface area contributed by atoms with Gasteiger partial charge in [0.25, 0.3) is 5.91 Å². The van der Waals surface area contributed by atoms with Crippen molar-refractivity contribution < 1.29 is 4.79 Å². The summed E-state index contributed by atoms with van der Waals surface area (Å²) in [6, 6.07) is 7.12. The summed E-state index contributed by atoms with van der Waals surface area (Å²) in [4.78, 5) is 21.6. The lowest BCUT2D eigenvalue weighted by atomic mass is 10.2. The first-order chi connectivity index (χ1) is 8.68. The van der Waals surface area contributed by atoms with E-state index in [9.17, 15) is 4.79 Å². The summed E-state index contributed by atoms with van der Waals surface area (Å²) in [7, 11) is 1.73. The Morgan fingerprint density at radius 2 is 2.00 bits per heavy atom. The molecule has 0 saturated heterocycles. The maximum absolute atomic E-state index is 12.2. The number of nitrogens with two attached hydrogens (primary N) is 1. The zero-order chi connectivity index (χ0) is 13.0. The first-order valence-corrected chi connectivity index (χ1v) is 5.53. The van der Waals surface area contributed by atoms with Crippen LogP contribution < -0.4 is 5.73 Å². The lowest BCUT2D eigenvalue weighted by molar-refractivity contribution is 0.0786. The Morgan fingerprint density at radius 3 is 2.67 bits per heavy atom. The summed E-state index contributed by atoms with van der Waals surface area (Å²) in [5, 5.41) is 0. The lowest BCUT2D eigenvalue weighted by Crippen LogP contribution is -2.27. The summed E-state index contributed by atoms with van der Waals surface area (Å²) < 4.78 is 0. The maximum Gasteiger partial charge on any atom is 0.257 e. The average molecular weight is 242 g/mol. The van der Waals surface area contributed by atoms with E-state index in [1.807, 2.05) is 12.1 Å². The van der Waals surface area contributed by atoms with E-state index in [4.69, 9.17) is 5.73 Å². The quantitative estimate of drug-likeness (QED) is 0.881. The predicted molar refractivity (Wildman–Crippen MR) is 68.7 cm³/mol. The minimum atomic E-state index is -0.141. The van der Waals surface area contributed by atoms with Crippen LogP contribution in [0, 0.1) is 0 Å². The molecule has 0 aliphatic heterocycles. The van der Waals surface area contributed by atoms with Gasteiger partial charge >= 0.3 is 0 Å². The molecule has 0 spiro atoms. The Balaban J connectivity index is 2.13. The second-order valence-corrected chi connectivity index (χ2v) is 3.95. The van der Waals surface area contributed by atoms with E-state index in [0.29, 0.717) is 12.1 Å². The van der Waals surface area contributed by atoms with Gasteiger partial charge in [-0.2, -0.15) is 0 Å². The van der Waals surface area contributed by atoms with Crippen molar-refractivity contribution in [1.29, 1.82) is 0 Å². The average Bonchev–Trinajstić information content (AvgIpc) is 2.39. The second kappa shape index (κ2) is 5.27. The number of anilines is 1. The van der Waals surface area contributed by atoms with Crippen LogP contribution in [0.15, 0.2) is 42.9 Å².